The molecule has 0 saturated heterocycles. The van der Waals surface area contributed by atoms with Crippen molar-refractivity contribution in [3.05, 3.63) is 80.0 Å². The number of imidazole rings is 1. The van der Waals surface area contributed by atoms with Gasteiger partial charge in [0.25, 0.3) is 5.56 Å². The number of para-hydroxylation sites is 2. The van der Waals surface area contributed by atoms with Gasteiger partial charge in [-0.3, -0.25) is 9.36 Å². The minimum Gasteiger partial charge on any atom is -0.493 e. The van der Waals surface area contributed by atoms with Crippen LogP contribution in [-0.2, 0) is 13.6 Å². The summed E-state index contributed by atoms with van der Waals surface area (Å²) in [4.78, 5) is 18.0. The lowest BCUT2D eigenvalue weighted by atomic mass is 10.1. The highest BCUT2D eigenvalue weighted by Crippen LogP contribution is 2.38. The maximum atomic E-state index is 13.4. The molecule has 9 heteroatoms. The third-order valence-electron chi connectivity index (χ3n) is 5.54. The summed E-state index contributed by atoms with van der Waals surface area (Å²) in [6.07, 6.45) is 3.37. The van der Waals surface area contributed by atoms with Crippen LogP contribution in [0.3, 0.4) is 0 Å². The van der Waals surface area contributed by atoms with Crippen LogP contribution in [0.2, 0.25) is 0 Å². The molecule has 0 aliphatic carbocycles. The Morgan fingerprint density at radius 1 is 1.17 bits per heavy atom. The molecule has 0 aliphatic heterocycles. The number of ether oxygens (including phenoxy) is 3. The van der Waals surface area contributed by atoms with E-state index in [9.17, 15) is 10.1 Å². The number of fused-ring (bicyclic) bond motifs is 1. The number of aromatic nitrogens is 3. The highest BCUT2D eigenvalue weighted by Gasteiger charge is 2.17. The van der Waals surface area contributed by atoms with Gasteiger partial charge in [-0.05, 0) is 35.9 Å². The van der Waals surface area contributed by atoms with E-state index in [0.29, 0.717) is 43.4 Å². The number of allylic oxidation sites excluding steroid dienone is 1. The quantitative estimate of drug-likeness (QED) is 0.372. The fourth-order valence-corrected chi connectivity index (χ4v) is 5.01. The minimum atomic E-state index is -0.231. The van der Waals surface area contributed by atoms with Gasteiger partial charge in [-0.25, -0.2) is 4.98 Å². The standard InChI is InChI=1S/C26H24N4O4S/c1-6-11-30-25(31)22(14-16-12-20(32-3)23(34-5)21(13-16)33-4)35-26(30)17(15-27)24-28-18-9-7-8-10-19(18)29(24)2/h6-10,12-14H,1,11H2,2-5H3. The third-order valence-corrected chi connectivity index (χ3v) is 6.67. The van der Waals surface area contributed by atoms with Crippen LogP contribution in [0.15, 0.2) is 53.8 Å². The van der Waals surface area contributed by atoms with E-state index < -0.39 is 0 Å². The smallest absolute Gasteiger partial charge is 0.269 e. The summed E-state index contributed by atoms with van der Waals surface area (Å²) in [6, 6.07) is 13.4. The molecule has 4 rings (SSSR count). The van der Waals surface area contributed by atoms with Crippen LogP contribution in [0.4, 0.5) is 0 Å². The number of methoxy groups -OCH3 is 3. The average molecular weight is 489 g/mol. The Kier molecular flexibility index (Phi) is 6.75. The zero-order valence-corrected chi connectivity index (χ0v) is 20.7. The van der Waals surface area contributed by atoms with E-state index in [1.807, 2.05) is 35.9 Å². The Bertz CT molecular complexity index is 1630. The largest absolute Gasteiger partial charge is 0.493 e. The van der Waals surface area contributed by atoms with Gasteiger partial charge in [0.05, 0.1) is 36.9 Å². The van der Waals surface area contributed by atoms with E-state index in [2.05, 4.69) is 17.6 Å². The average Bonchev–Trinajstić information content (AvgIpc) is 3.36. The number of rotatable bonds is 7. The highest BCUT2D eigenvalue weighted by atomic mass is 32.1. The summed E-state index contributed by atoms with van der Waals surface area (Å²) in [5.41, 5.74) is 2.45. The molecule has 8 nitrogen and oxygen atoms in total. The molecule has 0 radical (unpaired) electrons. The number of hydrogen-bond donors (Lipinski definition) is 0. The molecule has 0 atom stereocenters. The molecule has 0 bridgehead atoms. The van der Waals surface area contributed by atoms with E-state index in [1.54, 1.807) is 28.9 Å². The van der Waals surface area contributed by atoms with Crippen LogP contribution in [0.1, 0.15) is 11.4 Å². The van der Waals surface area contributed by atoms with E-state index in [0.717, 1.165) is 11.0 Å². The lowest BCUT2D eigenvalue weighted by molar-refractivity contribution is 0.324. The second kappa shape index (κ2) is 9.91. The Balaban J connectivity index is 2.03. The zero-order chi connectivity index (χ0) is 25.1. The van der Waals surface area contributed by atoms with Gasteiger partial charge in [0.15, 0.2) is 17.3 Å². The predicted octanol–water partition coefficient (Wildman–Crippen LogP) is 2.56. The molecule has 2 aromatic carbocycles. The van der Waals surface area contributed by atoms with Gasteiger partial charge in [-0.1, -0.05) is 18.2 Å². The molecular formula is C26H24N4O4S. The van der Waals surface area contributed by atoms with Crippen molar-refractivity contribution < 1.29 is 14.2 Å². The van der Waals surface area contributed by atoms with Crippen molar-refractivity contribution >= 4 is 34.0 Å². The van der Waals surface area contributed by atoms with Crippen molar-refractivity contribution in [2.45, 2.75) is 6.54 Å². The minimum absolute atomic E-state index is 0.231. The van der Waals surface area contributed by atoms with E-state index >= 15 is 0 Å². The molecule has 4 aromatic rings. The first-order chi connectivity index (χ1) is 17.0. The van der Waals surface area contributed by atoms with Gasteiger partial charge in [0, 0.05) is 13.6 Å². The summed E-state index contributed by atoms with van der Waals surface area (Å²) in [7, 11) is 6.46. The van der Waals surface area contributed by atoms with Gasteiger partial charge in [-0.15, -0.1) is 17.9 Å². The Hall–Kier alpha value is -4.29. The summed E-state index contributed by atoms with van der Waals surface area (Å²) in [6.45, 7) is 4.03. The Morgan fingerprint density at radius 2 is 1.86 bits per heavy atom. The van der Waals surface area contributed by atoms with Crippen LogP contribution >= 0.6 is 11.3 Å². The molecule has 2 aromatic heterocycles. The van der Waals surface area contributed by atoms with Crippen molar-refractivity contribution in [2.24, 2.45) is 7.05 Å². The number of hydrogen-bond acceptors (Lipinski definition) is 7. The number of nitriles is 1. The first-order valence-electron chi connectivity index (χ1n) is 10.7. The molecule has 35 heavy (non-hydrogen) atoms. The summed E-state index contributed by atoms with van der Waals surface area (Å²) in [5, 5.41) is 10.1. The molecule has 0 fully saturated rings. The SMILES string of the molecule is C=CCn1c(=C(C#N)c2nc3ccccc3n2C)sc(=Cc2cc(OC)c(OC)c(OC)c2)c1=O. The maximum absolute atomic E-state index is 13.4. The molecule has 0 amide bonds. The maximum Gasteiger partial charge on any atom is 0.269 e. The fourth-order valence-electron chi connectivity index (χ4n) is 3.90. The van der Waals surface area contributed by atoms with Crippen molar-refractivity contribution in [3.63, 3.8) is 0 Å². The Morgan fingerprint density at radius 3 is 2.43 bits per heavy atom. The van der Waals surface area contributed by atoms with Crippen LogP contribution in [0.5, 0.6) is 17.2 Å². The van der Waals surface area contributed by atoms with Gasteiger partial charge in [0.2, 0.25) is 5.75 Å². The fraction of sp³-hybridized carbons (Fsp3) is 0.192. The number of benzene rings is 2. The van der Waals surface area contributed by atoms with Crippen molar-refractivity contribution in [2.75, 3.05) is 21.3 Å². The van der Waals surface area contributed by atoms with Crippen LogP contribution in [0.25, 0.3) is 22.7 Å². The van der Waals surface area contributed by atoms with Crippen molar-refractivity contribution in [1.29, 1.82) is 5.26 Å². The van der Waals surface area contributed by atoms with Crippen molar-refractivity contribution in [1.82, 2.24) is 14.1 Å². The topological polar surface area (TPSA) is 91.3 Å². The van der Waals surface area contributed by atoms with Gasteiger partial charge >= 0.3 is 0 Å². The molecule has 0 aliphatic rings. The summed E-state index contributed by atoms with van der Waals surface area (Å²) >= 11 is 1.23. The van der Waals surface area contributed by atoms with Crippen LogP contribution in [0, 0.1) is 11.3 Å². The normalized spacial score (nSPS) is 12.4. The molecule has 0 saturated carbocycles. The molecule has 0 N–H and O–H groups in total. The van der Waals surface area contributed by atoms with Gasteiger partial charge in [-0.2, -0.15) is 5.26 Å². The first kappa shape index (κ1) is 23.9. The first-order valence-corrected chi connectivity index (χ1v) is 11.5. The second-order valence-electron chi connectivity index (χ2n) is 7.55. The van der Waals surface area contributed by atoms with Crippen LogP contribution in [-0.4, -0.2) is 35.4 Å². The predicted molar refractivity (Wildman–Crippen MR) is 137 cm³/mol. The third kappa shape index (κ3) is 4.20. The zero-order valence-electron chi connectivity index (χ0n) is 19.9. The highest BCUT2D eigenvalue weighted by molar-refractivity contribution is 7.07. The molecule has 0 unspecified atom stereocenters. The van der Waals surface area contributed by atoms with E-state index in [-0.39, 0.29) is 12.1 Å². The number of nitrogens with zero attached hydrogens (tertiary/aromatic N) is 4. The van der Waals surface area contributed by atoms with Gasteiger partial charge < -0.3 is 18.8 Å². The lowest BCUT2D eigenvalue weighted by Gasteiger charge is -2.12. The lowest BCUT2D eigenvalue weighted by Crippen LogP contribution is -2.32. The second-order valence-corrected chi connectivity index (χ2v) is 8.58. The number of thiazole rings is 1. The van der Waals surface area contributed by atoms with E-state index in [4.69, 9.17) is 14.2 Å². The summed E-state index contributed by atoms with van der Waals surface area (Å²) in [5.74, 6) is 1.91. The molecule has 2 heterocycles. The summed E-state index contributed by atoms with van der Waals surface area (Å²) < 4.78 is 20.6. The Labute approximate surface area is 205 Å². The van der Waals surface area contributed by atoms with Gasteiger partial charge in [0.1, 0.15) is 16.3 Å². The molecular weight excluding hydrogens is 464 g/mol. The molecule has 178 valence electrons. The van der Waals surface area contributed by atoms with Crippen molar-refractivity contribution in [3.8, 4) is 23.3 Å². The number of aryl methyl sites for hydroxylation is 1. The monoisotopic (exact) mass is 488 g/mol. The van der Waals surface area contributed by atoms with Crippen LogP contribution < -0.4 is 29.0 Å². The molecule has 0 spiro atoms. The van der Waals surface area contributed by atoms with E-state index in [1.165, 1.54) is 32.7 Å².